The van der Waals surface area contributed by atoms with Gasteiger partial charge < -0.3 is 10.6 Å². The lowest BCUT2D eigenvalue weighted by molar-refractivity contribution is -0.133. The van der Waals surface area contributed by atoms with E-state index in [-0.39, 0.29) is 5.91 Å². The minimum absolute atomic E-state index is 0.255. The number of rotatable bonds is 5. The smallest absolute Gasteiger partial charge is 0.222 e. The summed E-state index contributed by atoms with van der Waals surface area (Å²) >= 11 is 0. The van der Waals surface area contributed by atoms with E-state index in [2.05, 4.69) is 36.1 Å². The van der Waals surface area contributed by atoms with Crippen LogP contribution in [-0.2, 0) is 11.3 Å². The third-order valence-corrected chi connectivity index (χ3v) is 3.81. The van der Waals surface area contributed by atoms with Crippen molar-refractivity contribution in [2.45, 2.75) is 26.3 Å². The van der Waals surface area contributed by atoms with Crippen LogP contribution < -0.4 is 5.73 Å². The second-order valence-corrected chi connectivity index (χ2v) is 5.54. The molecule has 1 aliphatic heterocycles. The van der Waals surface area contributed by atoms with Gasteiger partial charge in [-0.25, -0.2) is 0 Å². The minimum atomic E-state index is 0.255. The first kappa shape index (κ1) is 15.0. The molecule has 2 rings (SSSR count). The highest BCUT2D eigenvalue weighted by molar-refractivity contribution is 5.76. The fourth-order valence-electron chi connectivity index (χ4n) is 2.64. The highest BCUT2D eigenvalue weighted by atomic mass is 16.2. The zero-order valence-corrected chi connectivity index (χ0v) is 12.3. The van der Waals surface area contributed by atoms with Gasteiger partial charge in [0.1, 0.15) is 0 Å². The maximum Gasteiger partial charge on any atom is 0.222 e. The Balaban J connectivity index is 1.78. The number of hydrogen-bond donors (Lipinski definition) is 1. The predicted octanol–water partition coefficient (Wildman–Crippen LogP) is 1.38. The van der Waals surface area contributed by atoms with Crippen molar-refractivity contribution >= 4 is 5.91 Å². The standard InChI is InChI=1S/C16H25N3O/c1-14-4-2-5-15(12-14)13-18-8-10-19(11-9-18)16(20)6-3-7-17/h2,4-5,12H,3,6-11,13,17H2,1H3. The monoisotopic (exact) mass is 275 g/mol. The molecule has 0 bridgehead atoms. The van der Waals surface area contributed by atoms with Gasteiger partial charge in [0.2, 0.25) is 5.91 Å². The number of nitrogens with zero attached hydrogens (tertiary/aromatic N) is 2. The molecule has 1 amide bonds. The van der Waals surface area contributed by atoms with E-state index in [1.165, 1.54) is 11.1 Å². The van der Waals surface area contributed by atoms with Crippen LogP contribution in [-0.4, -0.2) is 48.4 Å². The molecule has 0 aliphatic carbocycles. The Morgan fingerprint density at radius 1 is 1.25 bits per heavy atom. The van der Waals surface area contributed by atoms with E-state index in [9.17, 15) is 4.79 Å². The number of aryl methyl sites for hydroxylation is 1. The summed E-state index contributed by atoms with van der Waals surface area (Å²) in [6.45, 7) is 7.30. The van der Waals surface area contributed by atoms with Crippen LogP contribution in [0.4, 0.5) is 0 Å². The summed E-state index contributed by atoms with van der Waals surface area (Å²) in [7, 11) is 0. The molecular weight excluding hydrogens is 250 g/mol. The van der Waals surface area contributed by atoms with Gasteiger partial charge in [0.05, 0.1) is 0 Å². The van der Waals surface area contributed by atoms with Crippen molar-refractivity contribution in [3.8, 4) is 0 Å². The summed E-state index contributed by atoms with van der Waals surface area (Å²) in [5, 5.41) is 0. The quantitative estimate of drug-likeness (QED) is 0.883. The second-order valence-electron chi connectivity index (χ2n) is 5.54. The zero-order chi connectivity index (χ0) is 14.4. The highest BCUT2D eigenvalue weighted by Gasteiger charge is 2.20. The Morgan fingerprint density at radius 3 is 2.65 bits per heavy atom. The third-order valence-electron chi connectivity index (χ3n) is 3.81. The molecule has 1 heterocycles. The zero-order valence-electron chi connectivity index (χ0n) is 12.3. The molecule has 0 unspecified atom stereocenters. The summed E-state index contributed by atoms with van der Waals surface area (Å²) in [5.74, 6) is 0.255. The van der Waals surface area contributed by atoms with Crippen molar-refractivity contribution in [1.29, 1.82) is 0 Å². The molecule has 1 aliphatic rings. The van der Waals surface area contributed by atoms with E-state index < -0.39 is 0 Å². The molecule has 1 saturated heterocycles. The Labute approximate surface area is 121 Å². The third kappa shape index (κ3) is 4.32. The maximum absolute atomic E-state index is 11.9. The van der Waals surface area contributed by atoms with Crippen LogP contribution in [0, 0.1) is 6.92 Å². The Hall–Kier alpha value is -1.39. The molecule has 0 atom stereocenters. The van der Waals surface area contributed by atoms with Crippen LogP contribution in [0.2, 0.25) is 0 Å². The molecule has 0 spiro atoms. The number of carbonyl (C=O) groups is 1. The van der Waals surface area contributed by atoms with E-state index in [0.29, 0.717) is 13.0 Å². The van der Waals surface area contributed by atoms with Crippen LogP contribution in [0.25, 0.3) is 0 Å². The molecule has 1 fully saturated rings. The second kappa shape index (κ2) is 7.41. The molecule has 0 aromatic heterocycles. The number of amides is 1. The summed E-state index contributed by atoms with van der Waals surface area (Å²) < 4.78 is 0. The van der Waals surface area contributed by atoms with Crippen LogP contribution in [0.1, 0.15) is 24.0 Å². The van der Waals surface area contributed by atoms with Gasteiger partial charge in [-0.05, 0) is 25.5 Å². The molecular formula is C16H25N3O. The van der Waals surface area contributed by atoms with Crippen molar-refractivity contribution in [1.82, 2.24) is 9.80 Å². The topological polar surface area (TPSA) is 49.6 Å². The molecule has 4 heteroatoms. The van der Waals surface area contributed by atoms with Gasteiger partial charge in [0.25, 0.3) is 0 Å². The average Bonchev–Trinajstić information content (AvgIpc) is 2.45. The molecule has 0 saturated carbocycles. The summed E-state index contributed by atoms with van der Waals surface area (Å²) in [4.78, 5) is 16.3. The molecule has 20 heavy (non-hydrogen) atoms. The predicted molar refractivity (Wildman–Crippen MR) is 81.3 cm³/mol. The van der Waals surface area contributed by atoms with Gasteiger partial charge in [-0.1, -0.05) is 29.8 Å². The van der Waals surface area contributed by atoms with E-state index in [1.54, 1.807) is 0 Å². The van der Waals surface area contributed by atoms with Crippen molar-refractivity contribution in [3.05, 3.63) is 35.4 Å². The fourth-order valence-corrected chi connectivity index (χ4v) is 2.64. The molecule has 4 nitrogen and oxygen atoms in total. The van der Waals surface area contributed by atoms with E-state index in [4.69, 9.17) is 5.73 Å². The number of nitrogens with two attached hydrogens (primary N) is 1. The minimum Gasteiger partial charge on any atom is -0.340 e. The molecule has 2 N–H and O–H groups in total. The first-order valence-electron chi connectivity index (χ1n) is 7.45. The normalized spacial score (nSPS) is 16.4. The van der Waals surface area contributed by atoms with Crippen LogP contribution in [0.15, 0.2) is 24.3 Å². The van der Waals surface area contributed by atoms with Gasteiger partial charge >= 0.3 is 0 Å². The SMILES string of the molecule is Cc1cccc(CN2CCN(C(=O)CCCN)CC2)c1. The van der Waals surface area contributed by atoms with Crippen molar-refractivity contribution in [3.63, 3.8) is 0 Å². The van der Waals surface area contributed by atoms with E-state index >= 15 is 0 Å². The average molecular weight is 275 g/mol. The first-order valence-corrected chi connectivity index (χ1v) is 7.45. The lowest BCUT2D eigenvalue weighted by atomic mass is 10.1. The fraction of sp³-hybridized carbons (Fsp3) is 0.562. The van der Waals surface area contributed by atoms with Crippen LogP contribution >= 0.6 is 0 Å². The molecule has 0 radical (unpaired) electrons. The van der Waals surface area contributed by atoms with Crippen molar-refractivity contribution in [2.24, 2.45) is 5.73 Å². The van der Waals surface area contributed by atoms with Gasteiger partial charge in [-0.15, -0.1) is 0 Å². The highest BCUT2D eigenvalue weighted by Crippen LogP contribution is 2.11. The number of hydrogen-bond acceptors (Lipinski definition) is 3. The van der Waals surface area contributed by atoms with Crippen molar-refractivity contribution < 1.29 is 4.79 Å². The lowest BCUT2D eigenvalue weighted by Crippen LogP contribution is -2.48. The molecule has 1 aromatic rings. The maximum atomic E-state index is 11.9. The van der Waals surface area contributed by atoms with Crippen LogP contribution in [0.5, 0.6) is 0 Å². The van der Waals surface area contributed by atoms with Crippen molar-refractivity contribution in [2.75, 3.05) is 32.7 Å². The Morgan fingerprint density at radius 2 is 2.00 bits per heavy atom. The summed E-state index contributed by atoms with van der Waals surface area (Å²) in [5.41, 5.74) is 8.11. The van der Waals surface area contributed by atoms with E-state index in [1.807, 2.05) is 4.90 Å². The summed E-state index contributed by atoms with van der Waals surface area (Å²) in [6.07, 6.45) is 1.39. The van der Waals surface area contributed by atoms with Gasteiger partial charge in [0.15, 0.2) is 0 Å². The van der Waals surface area contributed by atoms with Gasteiger partial charge in [0, 0.05) is 39.1 Å². The van der Waals surface area contributed by atoms with Gasteiger partial charge in [-0.3, -0.25) is 9.69 Å². The number of benzene rings is 1. The lowest BCUT2D eigenvalue weighted by Gasteiger charge is -2.34. The number of piperazine rings is 1. The first-order chi connectivity index (χ1) is 9.69. The van der Waals surface area contributed by atoms with E-state index in [0.717, 1.165) is 39.1 Å². The molecule has 110 valence electrons. The Bertz CT molecular complexity index is 439. The largest absolute Gasteiger partial charge is 0.340 e. The number of carbonyl (C=O) groups excluding carboxylic acids is 1. The van der Waals surface area contributed by atoms with Gasteiger partial charge in [-0.2, -0.15) is 0 Å². The Kier molecular flexibility index (Phi) is 5.56. The molecule has 1 aromatic carbocycles. The van der Waals surface area contributed by atoms with Crippen LogP contribution in [0.3, 0.4) is 0 Å². The summed E-state index contributed by atoms with van der Waals surface area (Å²) in [6, 6.07) is 8.64.